The number of nitrogens with zero attached hydrogens (tertiary/aromatic N) is 2. The van der Waals surface area contributed by atoms with Crippen LogP contribution in [0.15, 0.2) is 27.6 Å². The van der Waals surface area contributed by atoms with Gasteiger partial charge in [-0.25, -0.2) is 4.98 Å². The summed E-state index contributed by atoms with van der Waals surface area (Å²) in [7, 11) is 1.50. The van der Waals surface area contributed by atoms with Crippen LogP contribution in [0.25, 0.3) is 11.5 Å². The maximum absolute atomic E-state index is 4.92. The van der Waals surface area contributed by atoms with Crippen LogP contribution in [0.4, 0.5) is 0 Å². The molecule has 0 saturated carbocycles. The monoisotopic (exact) mass is 166 g/mol. The SMILES string of the molecule is COc1ocnc1-c1ccno1. The molecular formula is C7H6N2O3. The van der Waals surface area contributed by atoms with Gasteiger partial charge in [0, 0.05) is 6.07 Å². The van der Waals surface area contributed by atoms with Gasteiger partial charge in [-0.3, -0.25) is 0 Å². The first kappa shape index (κ1) is 6.90. The molecule has 2 aromatic rings. The summed E-state index contributed by atoms with van der Waals surface area (Å²) in [5.41, 5.74) is 0.523. The molecule has 0 unspecified atom stereocenters. The van der Waals surface area contributed by atoms with Crippen molar-refractivity contribution in [1.29, 1.82) is 0 Å². The van der Waals surface area contributed by atoms with E-state index in [4.69, 9.17) is 13.7 Å². The lowest BCUT2D eigenvalue weighted by Crippen LogP contribution is -1.82. The van der Waals surface area contributed by atoms with Crippen molar-refractivity contribution in [2.24, 2.45) is 0 Å². The van der Waals surface area contributed by atoms with E-state index >= 15 is 0 Å². The van der Waals surface area contributed by atoms with Gasteiger partial charge in [0.15, 0.2) is 17.8 Å². The van der Waals surface area contributed by atoms with Gasteiger partial charge in [0.1, 0.15) is 0 Å². The Balaban J connectivity index is 2.46. The predicted molar refractivity (Wildman–Crippen MR) is 38.6 cm³/mol. The van der Waals surface area contributed by atoms with E-state index in [0.717, 1.165) is 0 Å². The van der Waals surface area contributed by atoms with Crippen molar-refractivity contribution < 1.29 is 13.7 Å². The molecule has 0 amide bonds. The molecule has 0 radical (unpaired) electrons. The fraction of sp³-hybridized carbons (Fsp3) is 0.143. The van der Waals surface area contributed by atoms with E-state index in [9.17, 15) is 0 Å². The minimum absolute atomic E-state index is 0.326. The molecule has 0 aliphatic rings. The third kappa shape index (κ3) is 0.952. The maximum atomic E-state index is 4.92. The summed E-state index contributed by atoms with van der Waals surface area (Å²) < 4.78 is 14.7. The average molecular weight is 166 g/mol. The molecule has 5 nitrogen and oxygen atoms in total. The molecule has 0 fully saturated rings. The third-order valence-electron chi connectivity index (χ3n) is 1.39. The minimum atomic E-state index is 0.326. The maximum Gasteiger partial charge on any atom is 0.316 e. The first-order valence-corrected chi connectivity index (χ1v) is 3.30. The Bertz CT molecular complexity index is 352. The van der Waals surface area contributed by atoms with Crippen LogP contribution in [0, 0.1) is 0 Å². The molecule has 0 atom stereocenters. The highest BCUT2D eigenvalue weighted by molar-refractivity contribution is 5.56. The molecule has 0 saturated heterocycles. The fourth-order valence-corrected chi connectivity index (χ4v) is 0.882. The Morgan fingerprint density at radius 3 is 3.08 bits per heavy atom. The van der Waals surface area contributed by atoms with Crippen LogP contribution in [-0.4, -0.2) is 17.3 Å². The topological polar surface area (TPSA) is 61.3 Å². The van der Waals surface area contributed by atoms with E-state index in [1.165, 1.54) is 19.7 Å². The largest absolute Gasteiger partial charge is 0.467 e. The number of methoxy groups -OCH3 is 1. The van der Waals surface area contributed by atoms with Crippen LogP contribution < -0.4 is 4.74 Å². The summed E-state index contributed by atoms with van der Waals surface area (Å²) in [4.78, 5) is 3.90. The molecule has 2 aromatic heterocycles. The van der Waals surface area contributed by atoms with E-state index in [2.05, 4.69) is 10.1 Å². The Kier molecular flexibility index (Phi) is 1.55. The number of hydrogen-bond donors (Lipinski definition) is 0. The second kappa shape index (κ2) is 2.69. The van der Waals surface area contributed by atoms with Crippen molar-refractivity contribution in [1.82, 2.24) is 10.1 Å². The first-order valence-electron chi connectivity index (χ1n) is 3.30. The lowest BCUT2D eigenvalue weighted by atomic mass is 10.3. The van der Waals surface area contributed by atoms with E-state index in [1.807, 2.05) is 0 Å². The van der Waals surface area contributed by atoms with Gasteiger partial charge in [0.05, 0.1) is 13.3 Å². The normalized spacial score (nSPS) is 10.1. The Labute approximate surface area is 67.9 Å². The van der Waals surface area contributed by atoms with E-state index in [1.54, 1.807) is 6.07 Å². The third-order valence-corrected chi connectivity index (χ3v) is 1.39. The number of ether oxygens (including phenoxy) is 1. The molecule has 12 heavy (non-hydrogen) atoms. The highest BCUT2D eigenvalue weighted by Crippen LogP contribution is 2.27. The Morgan fingerprint density at radius 1 is 1.50 bits per heavy atom. The molecular weight excluding hydrogens is 160 g/mol. The zero-order valence-corrected chi connectivity index (χ0v) is 6.35. The van der Waals surface area contributed by atoms with E-state index in [0.29, 0.717) is 17.4 Å². The van der Waals surface area contributed by atoms with Crippen molar-refractivity contribution in [3.63, 3.8) is 0 Å². The molecule has 0 aliphatic heterocycles. The number of oxazole rings is 1. The highest BCUT2D eigenvalue weighted by atomic mass is 16.6. The summed E-state index contributed by atoms with van der Waals surface area (Å²) in [6.45, 7) is 0. The summed E-state index contributed by atoms with van der Waals surface area (Å²) in [5.74, 6) is 0.854. The Hall–Kier alpha value is -1.78. The zero-order valence-electron chi connectivity index (χ0n) is 6.35. The lowest BCUT2D eigenvalue weighted by molar-refractivity contribution is 0.304. The van der Waals surface area contributed by atoms with Crippen LogP contribution >= 0.6 is 0 Å². The summed E-state index contributed by atoms with van der Waals surface area (Å²) in [6, 6.07) is 1.68. The Morgan fingerprint density at radius 2 is 2.42 bits per heavy atom. The van der Waals surface area contributed by atoms with Crippen LogP contribution in [0.5, 0.6) is 5.95 Å². The number of aromatic nitrogens is 2. The molecule has 0 aromatic carbocycles. The predicted octanol–water partition coefficient (Wildman–Crippen LogP) is 1.34. The van der Waals surface area contributed by atoms with Gasteiger partial charge in [-0.1, -0.05) is 5.16 Å². The van der Waals surface area contributed by atoms with Crippen molar-refractivity contribution in [3.05, 3.63) is 18.7 Å². The molecule has 2 rings (SSSR count). The van der Waals surface area contributed by atoms with Crippen molar-refractivity contribution in [2.45, 2.75) is 0 Å². The summed E-state index contributed by atoms with van der Waals surface area (Å²) >= 11 is 0. The molecule has 0 spiro atoms. The van der Waals surface area contributed by atoms with Crippen LogP contribution in [-0.2, 0) is 0 Å². The standard InChI is InChI=1S/C7H6N2O3/c1-10-7-6(8-4-11-7)5-2-3-9-12-5/h2-4H,1H3. The first-order chi connectivity index (χ1) is 5.92. The van der Waals surface area contributed by atoms with Crippen molar-refractivity contribution in [2.75, 3.05) is 7.11 Å². The zero-order chi connectivity index (χ0) is 8.39. The minimum Gasteiger partial charge on any atom is -0.467 e. The number of rotatable bonds is 2. The van der Waals surface area contributed by atoms with E-state index in [-0.39, 0.29) is 0 Å². The van der Waals surface area contributed by atoms with Gasteiger partial charge in [0.25, 0.3) is 0 Å². The molecule has 0 bridgehead atoms. The molecule has 5 heteroatoms. The van der Waals surface area contributed by atoms with Crippen LogP contribution in [0.3, 0.4) is 0 Å². The molecule has 62 valence electrons. The van der Waals surface area contributed by atoms with Gasteiger partial charge >= 0.3 is 5.95 Å². The smallest absolute Gasteiger partial charge is 0.316 e. The number of hydrogen-bond acceptors (Lipinski definition) is 5. The quantitative estimate of drug-likeness (QED) is 0.673. The molecule has 0 aliphatic carbocycles. The molecule has 2 heterocycles. The fourth-order valence-electron chi connectivity index (χ4n) is 0.882. The van der Waals surface area contributed by atoms with Crippen molar-refractivity contribution >= 4 is 0 Å². The van der Waals surface area contributed by atoms with Gasteiger partial charge in [-0.2, -0.15) is 0 Å². The van der Waals surface area contributed by atoms with Crippen LogP contribution in [0.2, 0.25) is 0 Å². The average Bonchev–Trinajstić information content (AvgIpc) is 2.74. The van der Waals surface area contributed by atoms with Gasteiger partial charge < -0.3 is 13.7 Å². The van der Waals surface area contributed by atoms with Gasteiger partial charge in [-0.05, 0) is 0 Å². The lowest BCUT2D eigenvalue weighted by Gasteiger charge is -1.92. The summed E-state index contributed by atoms with van der Waals surface area (Å²) in [5, 5.41) is 3.54. The van der Waals surface area contributed by atoms with Crippen molar-refractivity contribution in [3.8, 4) is 17.4 Å². The molecule has 0 N–H and O–H groups in total. The van der Waals surface area contributed by atoms with Gasteiger partial charge in [-0.15, -0.1) is 0 Å². The summed E-state index contributed by atoms with van der Waals surface area (Å²) in [6.07, 6.45) is 2.82. The second-order valence-corrected chi connectivity index (χ2v) is 2.07. The van der Waals surface area contributed by atoms with Crippen LogP contribution in [0.1, 0.15) is 0 Å². The highest BCUT2D eigenvalue weighted by Gasteiger charge is 2.13. The second-order valence-electron chi connectivity index (χ2n) is 2.07. The van der Waals surface area contributed by atoms with E-state index < -0.39 is 0 Å². The van der Waals surface area contributed by atoms with Gasteiger partial charge in [0.2, 0.25) is 0 Å².